The van der Waals surface area contributed by atoms with Crippen molar-refractivity contribution in [1.29, 1.82) is 0 Å². The lowest BCUT2D eigenvalue weighted by molar-refractivity contribution is -0.131. The SMILES string of the molecule is O=C(CCOc1ccc(F)cc1Cl)NCCC(=O)N1CCN(c2ccccc2)CC1. The second-order valence-corrected chi connectivity index (χ2v) is 7.38. The van der Waals surface area contributed by atoms with E-state index in [0.717, 1.165) is 19.2 Å². The molecule has 3 rings (SSSR count). The van der Waals surface area contributed by atoms with Crippen LogP contribution >= 0.6 is 11.6 Å². The minimum absolute atomic E-state index is 0.0392. The molecule has 1 heterocycles. The molecule has 0 atom stereocenters. The normalized spacial score (nSPS) is 13.8. The van der Waals surface area contributed by atoms with E-state index in [0.29, 0.717) is 18.8 Å². The fourth-order valence-electron chi connectivity index (χ4n) is 3.25. The first-order valence-corrected chi connectivity index (χ1v) is 10.3. The number of nitrogens with zero attached hydrogens (tertiary/aromatic N) is 2. The van der Waals surface area contributed by atoms with E-state index in [-0.39, 0.29) is 42.8 Å². The number of hydrogen-bond donors (Lipinski definition) is 1. The van der Waals surface area contributed by atoms with Crippen LogP contribution < -0.4 is 15.0 Å². The average molecular weight is 434 g/mol. The Bertz CT molecular complexity index is 858. The molecule has 160 valence electrons. The summed E-state index contributed by atoms with van der Waals surface area (Å²) in [5.74, 6) is -0.292. The molecule has 1 aliphatic rings. The third-order valence-corrected chi connectivity index (χ3v) is 5.19. The van der Waals surface area contributed by atoms with Gasteiger partial charge >= 0.3 is 0 Å². The van der Waals surface area contributed by atoms with Crippen molar-refractivity contribution in [2.24, 2.45) is 0 Å². The van der Waals surface area contributed by atoms with Gasteiger partial charge in [0.25, 0.3) is 0 Å². The summed E-state index contributed by atoms with van der Waals surface area (Å²) in [4.78, 5) is 28.4. The molecular weight excluding hydrogens is 409 g/mol. The van der Waals surface area contributed by atoms with Crippen molar-refractivity contribution in [2.45, 2.75) is 12.8 Å². The largest absolute Gasteiger partial charge is 0.491 e. The first-order valence-electron chi connectivity index (χ1n) is 9.95. The summed E-state index contributed by atoms with van der Waals surface area (Å²) in [6.45, 7) is 3.35. The highest BCUT2D eigenvalue weighted by atomic mass is 35.5. The van der Waals surface area contributed by atoms with Crippen molar-refractivity contribution in [3.63, 3.8) is 0 Å². The molecule has 1 saturated heterocycles. The average Bonchev–Trinajstić information content (AvgIpc) is 2.76. The van der Waals surface area contributed by atoms with Gasteiger partial charge in [-0.3, -0.25) is 9.59 Å². The number of amides is 2. The summed E-state index contributed by atoms with van der Waals surface area (Å²) >= 11 is 5.87. The van der Waals surface area contributed by atoms with Crippen molar-refractivity contribution in [3.05, 3.63) is 59.4 Å². The number of hydrogen-bond acceptors (Lipinski definition) is 4. The molecule has 0 unspecified atom stereocenters. The monoisotopic (exact) mass is 433 g/mol. The molecule has 0 aromatic heterocycles. The fourth-order valence-corrected chi connectivity index (χ4v) is 3.48. The van der Waals surface area contributed by atoms with E-state index >= 15 is 0 Å². The van der Waals surface area contributed by atoms with E-state index in [2.05, 4.69) is 22.3 Å². The quantitative estimate of drug-likeness (QED) is 0.695. The molecule has 0 bridgehead atoms. The Labute approximate surface area is 180 Å². The van der Waals surface area contributed by atoms with E-state index < -0.39 is 5.82 Å². The van der Waals surface area contributed by atoms with Crippen LogP contribution in [0, 0.1) is 5.82 Å². The molecule has 0 aliphatic carbocycles. The lowest BCUT2D eigenvalue weighted by Gasteiger charge is -2.36. The zero-order valence-electron chi connectivity index (χ0n) is 16.7. The molecule has 30 heavy (non-hydrogen) atoms. The lowest BCUT2D eigenvalue weighted by Crippen LogP contribution is -2.49. The molecule has 1 fully saturated rings. The first-order chi connectivity index (χ1) is 14.5. The maximum absolute atomic E-state index is 13.0. The molecule has 2 aromatic carbocycles. The zero-order chi connectivity index (χ0) is 21.3. The Morgan fingerprint density at radius 2 is 1.77 bits per heavy atom. The number of benzene rings is 2. The molecule has 6 nitrogen and oxygen atoms in total. The Hall–Kier alpha value is -2.80. The van der Waals surface area contributed by atoms with Gasteiger partial charge in [-0.15, -0.1) is 0 Å². The number of para-hydroxylation sites is 1. The van der Waals surface area contributed by atoms with Crippen LogP contribution in [0.15, 0.2) is 48.5 Å². The standard InChI is InChI=1S/C22H25ClFN3O3/c23-19-16-17(24)6-7-20(19)30-15-9-21(28)25-10-8-22(29)27-13-11-26(12-14-27)18-4-2-1-3-5-18/h1-7,16H,8-15H2,(H,25,28). The molecule has 0 radical (unpaired) electrons. The number of rotatable bonds is 8. The van der Waals surface area contributed by atoms with E-state index in [4.69, 9.17) is 16.3 Å². The van der Waals surface area contributed by atoms with Crippen LogP contribution in [-0.2, 0) is 9.59 Å². The van der Waals surface area contributed by atoms with Crippen molar-refractivity contribution < 1.29 is 18.7 Å². The van der Waals surface area contributed by atoms with Crippen molar-refractivity contribution in [2.75, 3.05) is 44.2 Å². The molecule has 1 aliphatic heterocycles. The minimum Gasteiger partial charge on any atom is -0.491 e. The number of anilines is 1. The van der Waals surface area contributed by atoms with Gasteiger partial charge in [-0.25, -0.2) is 4.39 Å². The second-order valence-electron chi connectivity index (χ2n) is 6.98. The van der Waals surface area contributed by atoms with Gasteiger partial charge in [0.05, 0.1) is 18.1 Å². The highest BCUT2D eigenvalue weighted by Crippen LogP contribution is 2.24. The number of carbonyl (C=O) groups excluding carboxylic acids is 2. The Balaban J connectivity index is 1.30. The summed E-state index contributed by atoms with van der Waals surface area (Å²) in [7, 11) is 0. The third kappa shape index (κ3) is 6.35. The summed E-state index contributed by atoms with van der Waals surface area (Å²) in [5.41, 5.74) is 1.17. The highest BCUT2D eigenvalue weighted by molar-refractivity contribution is 6.32. The summed E-state index contributed by atoms with van der Waals surface area (Å²) in [6, 6.07) is 14.0. The van der Waals surface area contributed by atoms with Gasteiger partial charge in [0.1, 0.15) is 11.6 Å². The molecule has 8 heteroatoms. The van der Waals surface area contributed by atoms with Crippen LogP contribution in [0.5, 0.6) is 5.75 Å². The van der Waals surface area contributed by atoms with Crippen LogP contribution in [0.3, 0.4) is 0 Å². The number of ether oxygens (including phenoxy) is 1. The van der Waals surface area contributed by atoms with Gasteiger partial charge in [-0.1, -0.05) is 29.8 Å². The van der Waals surface area contributed by atoms with Crippen LogP contribution in [0.2, 0.25) is 5.02 Å². The van der Waals surface area contributed by atoms with Crippen molar-refractivity contribution >= 4 is 29.1 Å². The number of nitrogens with one attached hydrogen (secondary N) is 1. The van der Waals surface area contributed by atoms with Crippen LogP contribution in [0.25, 0.3) is 0 Å². The Kier molecular flexibility index (Phi) is 7.90. The number of carbonyl (C=O) groups is 2. The Morgan fingerprint density at radius 1 is 1.03 bits per heavy atom. The highest BCUT2D eigenvalue weighted by Gasteiger charge is 2.21. The van der Waals surface area contributed by atoms with Crippen LogP contribution in [0.4, 0.5) is 10.1 Å². The third-order valence-electron chi connectivity index (χ3n) is 4.90. The molecular formula is C22H25ClFN3O3. The summed E-state index contributed by atoms with van der Waals surface area (Å²) < 4.78 is 18.4. The van der Waals surface area contributed by atoms with E-state index in [1.807, 2.05) is 23.1 Å². The van der Waals surface area contributed by atoms with Gasteiger partial charge in [-0.05, 0) is 30.3 Å². The maximum Gasteiger partial charge on any atom is 0.224 e. The molecule has 0 saturated carbocycles. The maximum atomic E-state index is 13.0. The van der Waals surface area contributed by atoms with Gasteiger partial charge in [0.2, 0.25) is 11.8 Å². The van der Waals surface area contributed by atoms with E-state index in [1.165, 1.54) is 17.8 Å². The molecule has 2 amide bonds. The van der Waals surface area contributed by atoms with Crippen molar-refractivity contribution in [1.82, 2.24) is 10.2 Å². The van der Waals surface area contributed by atoms with E-state index in [1.54, 1.807) is 0 Å². The second kappa shape index (κ2) is 10.8. The molecule has 2 aromatic rings. The van der Waals surface area contributed by atoms with Crippen LogP contribution in [-0.4, -0.2) is 56.0 Å². The fraction of sp³-hybridized carbons (Fsp3) is 0.364. The first kappa shape index (κ1) is 21.9. The molecule has 1 N–H and O–H groups in total. The van der Waals surface area contributed by atoms with Crippen LogP contribution in [0.1, 0.15) is 12.8 Å². The minimum atomic E-state index is -0.448. The Morgan fingerprint density at radius 3 is 2.47 bits per heavy atom. The van der Waals surface area contributed by atoms with Gasteiger partial charge in [0.15, 0.2) is 0 Å². The van der Waals surface area contributed by atoms with Crippen molar-refractivity contribution in [3.8, 4) is 5.75 Å². The number of halogens is 2. The molecule has 0 spiro atoms. The summed E-state index contributed by atoms with van der Waals surface area (Å²) in [5, 5.41) is 2.89. The van der Waals surface area contributed by atoms with Gasteiger partial charge < -0.3 is 19.9 Å². The topological polar surface area (TPSA) is 61.9 Å². The van der Waals surface area contributed by atoms with Gasteiger partial charge in [0, 0.05) is 44.8 Å². The summed E-state index contributed by atoms with van der Waals surface area (Å²) in [6.07, 6.45) is 0.388. The predicted octanol–water partition coefficient (Wildman–Crippen LogP) is 3.10. The zero-order valence-corrected chi connectivity index (χ0v) is 17.4. The lowest BCUT2D eigenvalue weighted by atomic mass is 10.2. The van der Waals surface area contributed by atoms with E-state index in [9.17, 15) is 14.0 Å². The smallest absolute Gasteiger partial charge is 0.224 e. The van der Waals surface area contributed by atoms with Gasteiger partial charge in [-0.2, -0.15) is 0 Å². The predicted molar refractivity (Wildman–Crippen MR) is 114 cm³/mol. The number of piperazine rings is 1.